The summed E-state index contributed by atoms with van der Waals surface area (Å²) in [5.74, 6) is -0.135. The quantitative estimate of drug-likeness (QED) is 0.818. The number of carbonyl (C=O) groups excluding carboxylic acids is 1. The number of halogens is 3. The molecule has 110 valence electrons. The molecule has 0 unspecified atom stereocenters. The summed E-state index contributed by atoms with van der Waals surface area (Å²) in [6, 6.07) is 3.24. The van der Waals surface area contributed by atoms with E-state index in [0.29, 0.717) is 18.5 Å². The third-order valence-electron chi connectivity index (χ3n) is 2.62. The van der Waals surface area contributed by atoms with Crippen LogP contribution in [0.3, 0.4) is 0 Å². The SMILES string of the molecule is CC(=O)NCCC=Cc1ccc(C(F)(F)F)cc1CO. The summed E-state index contributed by atoms with van der Waals surface area (Å²) in [5.41, 5.74) is -0.0316. The number of nitrogens with one attached hydrogen (secondary N) is 1. The molecule has 0 aliphatic rings. The van der Waals surface area contributed by atoms with E-state index in [1.807, 2.05) is 0 Å². The van der Waals surface area contributed by atoms with Crippen molar-refractivity contribution in [2.45, 2.75) is 26.1 Å². The topological polar surface area (TPSA) is 49.3 Å². The van der Waals surface area contributed by atoms with Gasteiger partial charge in [-0.15, -0.1) is 0 Å². The molecular weight excluding hydrogens is 271 g/mol. The largest absolute Gasteiger partial charge is 0.416 e. The molecule has 1 aromatic rings. The predicted molar refractivity (Wildman–Crippen MR) is 69.7 cm³/mol. The molecule has 0 bridgehead atoms. The molecule has 0 fully saturated rings. The number of carbonyl (C=O) groups is 1. The van der Waals surface area contributed by atoms with E-state index in [4.69, 9.17) is 5.11 Å². The van der Waals surface area contributed by atoms with Gasteiger partial charge >= 0.3 is 6.18 Å². The van der Waals surface area contributed by atoms with Gasteiger partial charge in [0.2, 0.25) is 5.91 Å². The molecule has 2 N–H and O–H groups in total. The average molecular weight is 287 g/mol. The van der Waals surface area contributed by atoms with Crippen molar-refractivity contribution in [1.29, 1.82) is 0 Å². The third kappa shape index (κ3) is 5.05. The molecular formula is C14H16F3NO2. The molecule has 20 heavy (non-hydrogen) atoms. The van der Waals surface area contributed by atoms with Crippen molar-refractivity contribution in [3.05, 3.63) is 41.0 Å². The van der Waals surface area contributed by atoms with Gasteiger partial charge in [0.1, 0.15) is 0 Å². The van der Waals surface area contributed by atoms with E-state index in [2.05, 4.69) is 5.32 Å². The number of alkyl halides is 3. The molecule has 0 aliphatic heterocycles. The first-order valence-corrected chi connectivity index (χ1v) is 6.06. The lowest BCUT2D eigenvalue weighted by Gasteiger charge is -2.10. The van der Waals surface area contributed by atoms with Gasteiger partial charge in [-0.3, -0.25) is 4.79 Å². The second kappa shape index (κ2) is 7.09. The van der Waals surface area contributed by atoms with E-state index < -0.39 is 18.3 Å². The Morgan fingerprint density at radius 1 is 1.40 bits per heavy atom. The normalized spacial score (nSPS) is 11.8. The highest BCUT2D eigenvalue weighted by molar-refractivity contribution is 5.72. The first-order chi connectivity index (χ1) is 9.34. The lowest BCUT2D eigenvalue weighted by molar-refractivity contribution is -0.137. The molecule has 1 rings (SSSR count). The maximum Gasteiger partial charge on any atom is 0.416 e. The van der Waals surface area contributed by atoms with E-state index in [9.17, 15) is 18.0 Å². The number of aliphatic hydroxyl groups excluding tert-OH is 1. The van der Waals surface area contributed by atoms with Crippen LogP contribution in [0.15, 0.2) is 24.3 Å². The fourth-order valence-electron chi connectivity index (χ4n) is 1.62. The van der Waals surface area contributed by atoms with Gasteiger partial charge in [0.15, 0.2) is 0 Å². The van der Waals surface area contributed by atoms with Gasteiger partial charge in [-0.25, -0.2) is 0 Å². The van der Waals surface area contributed by atoms with E-state index in [1.54, 1.807) is 12.2 Å². The van der Waals surface area contributed by atoms with Crippen LogP contribution in [0, 0.1) is 0 Å². The van der Waals surface area contributed by atoms with Gasteiger partial charge in [0, 0.05) is 13.5 Å². The van der Waals surface area contributed by atoms with Gasteiger partial charge in [-0.05, 0) is 29.7 Å². The summed E-state index contributed by atoms with van der Waals surface area (Å²) >= 11 is 0. The maximum atomic E-state index is 12.5. The summed E-state index contributed by atoms with van der Waals surface area (Å²) in [6.07, 6.45) is -0.492. The lowest BCUT2D eigenvalue weighted by Crippen LogP contribution is -2.20. The van der Waals surface area contributed by atoms with Crippen molar-refractivity contribution in [1.82, 2.24) is 5.32 Å². The molecule has 3 nitrogen and oxygen atoms in total. The Morgan fingerprint density at radius 2 is 2.10 bits per heavy atom. The molecule has 0 saturated heterocycles. The Labute approximate surface area is 115 Å². The average Bonchev–Trinajstić information content (AvgIpc) is 2.36. The Balaban J connectivity index is 2.75. The Bertz CT molecular complexity index is 496. The van der Waals surface area contributed by atoms with Crippen molar-refractivity contribution in [3.8, 4) is 0 Å². The van der Waals surface area contributed by atoms with Crippen molar-refractivity contribution < 1.29 is 23.1 Å². The third-order valence-corrected chi connectivity index (χ3v) is 2.62. The minimum atomic E-state index is -4.42. The predicted octanol–water partition coefficient (Wildman–Crippen LogP) is 2.74. The molecule has 0 radical (unpaired) electrons. The van der Waals surface area contributed by atoms with Gasteiger partial charge in [0.25, 0.3) is 0 Å². The van der Waals surface area contributed by atoms with Gasteiger partial charge < -0.3 is 10.4 Å². The highest BCUT2D eigenvalue weighted by Crippen LogP contribution is 2.30. The fraction of sp³-hybridized carbons (Fsp3) is 0.357. The fourth-order valence-corrected chi connectivity index (χ4v) is 1.62. The molecule has 0 saturated carbocycles. The van der Waals surface area contributed by atoms with Crippen LogP contribution in [0.2, 0.25) is 0 Å². The number of benzene rings is 1. The monoisotopic (exact) mass is 287 g/mol. The Hall–Kier alpha value is -1.82. The molecule has 0 atom stereocenters. The van der Waals surface area contributed by atoms with Crippen LogP contribution >= 0.6 is 0 Å². The minimum absolute atomic E-state index is 0.135. The standard InChI is InChI=1S/C14H16F3NO2/c1-10(20)18-7-3-2-4-11-5-6-13(14(15,16)17)8-12(11)9-19/h2,4-6,8,19H,3,7,9H2,1H3,(H,18,20). The van der Waals surface area contributed by atoms with Crippen LogP contribution in [0.25, 0.3) is 6.08 Å². The Kier molecular flexibility index (Phi) is 5.76. The van der Waals surface area contributed by atoms with Crippen LogP contribution in [0.4, 0.5) is 13.2 Å². The highest BCUT2D eigenvalue weighted by Gasteiger charge is 2.30. The maximum absolute atomic E-state index is 12.5. The zero-order valence-corrected chi connectivity index (χ0v) is 11.0. The van der Waals surface area contributed by atoms with Gasteiger partial charge in [0.05, 0.1) is 12.2 Å². The molecule has 0 heterocycles. The number of amides is 1. The summed E-state index contributed by atoms with van der Waals surface area (Å²) < 4.78 is 37.6. The van der Waals surface area contributed by atoms with Crippen LogP contribution in [-0.2, 0) is 17.6 Å². The smallest absolute Gasteiger partial charge is 0.392 e. The van der Waals surface area contributed by atoms with Crippen molar-refractivity contribution in [3.63, 3.8) is 0 Å². The lowest BCUT2D eigenvalue weighted by atomic mass is 10.0. The molecule has 1 amide bonds. The van der Waals surface area contributed by atoms with Crippen LogP contribution in [0.1, 0.15) is 30.0 Å². The molecule has 6 heteroatoms. The number of aliphatic hydroxyl groups is 1. The summed E-state index contributed by atoms with van der Waals surface area (Å²) in [5, 5.41) is 11.7. The van der Waals surface area contributed by atoms with E-state index in [-0.39, 0.29) is 11.5 Å². The number of hydrogen-bond acceptors (Lipinski definition) is 2. The van der Waals surface area contributed by atoms with Crippen molar-refractivity contribution in [2.24, 2.45) is 0 Å². The van der Waals surface area contributed by atoms with E-state index in [0.717, 1.165) is 12.1 Å². The second-order valence-electron chi connectivity index (χ2n) is 4.24. The zero-order chi connectivity index (χ0) is 15.2. The minimum Gasteiger partial charge on any atom is -0.392 e. The first kappa shape index (κ1) is 16.2. The molecule has 1 aromatic carbocycles. The number of hydrogen-bond donors (Lipinski definition) is 2. The summed E-state index contributed by atoms with van der Waals surface area (Å²) in [4.78, 5) is 10.6. The van der Waals surface area contributed by atoms with Crippen LogP contribution in [0.5, 0.6) is 0 Å². The molecule has 0 aromatic heterocycles. The van der Waals surface area contributed by atoms with Crippen molar-refractivity contribution >= 4 is 12.0 Å². The van der Waals surface area contributed by atoms with Crippen molar-refractivity contribution in [2.75, 3.05) is 6.54 Å². The molecule has 0 spiro atoms. The van der Waals surface area contributed by atoms with Gasteiger partial charge in [-0.1, -0.05) is 18.2 Å². The van der Waals surface area contributed by atoms with E-state index >= 15 is 0 Å². The summed E-state index contributed by atoms with van der Waals surface area (Å²) in [6.45, 7) is 1.40. The first-order valence-electron chi connectivity index (χ1n) is 6.06. The van der Waals surface area contributed by atoms with Crippen LogP contribution < -0.4 is 5.32 Å². The summed E-state index contributed by atoms with van der Waals surface area (Å²) in [7, 11) is 0. The van der Waals surface area contributed by atoms with E-state index in [1.165, 1.54) is 13.0 Å². The molecule has 0 aliphatic carbocycles. The zero-order valence-electron chi connectivity index (χ0n) is 11.0. The second-order valence-corrected chi connectivity index (χ2v) is 4.24. The van der Waals surface area contributed by atoms with Crippen LogP contribution in [-0.4, -0.2) is 17.6 Å². The van der Waals surface area contributed by atoms with Gasteiger partial charge in [-0.2, -0.15) is 13.2 Å². The number of rotatable bonds is 5. The highest BCUT2D eigenvalue weighted by atomic mass is 19.4. The Morgan fingerprint density at radius 3 is 2.65 bits per heavy atom.